The van der Waals surface area contributed by atoms with Crippen LogP contribution in [-0.4, -0.2) is 18.9 Å². The average molecular weight is 193 g/mol. The normalized spacial score (nSPS) is 9.50. The van der Waals surface area contributed by atoms with Crippen LogP contribution in [-0.2, 0) is 0 Å². The maximum absolute atomic E-state index is 11.1. The standard InChI is InChI=1S/C9H11N3O2/c1-14-6-4-2-3-5(8(10)11)7(6)9(12)13/h2-4H,1H3,(H3,10,11)(H2,12,13). The van der Waals surface area contributed by atoms with Gasteiger partial charge in [0.05, 0.1) is 12.7 Å². The largest absolute Gasteiger partial charge is 0.496 e. The van der Waals surface area contributed by atoms with Crippen molar-refractivity contribution in [1.82, 2.24) is 0 Å². The van der Waals surface area contributed by atoms with Crippen LogP contribution < -0.4 is 16.2 Å². The lowest BCUT2D eigenvalue weighted by atomic mass is 10.1. The van der Waals surface area contributed by atoms with E-state index in [0.717, 1.165) is 0 Å². The van der Waals surface area contributed by atoms with E-state index in [4.69, 9.17) is 21.6 Å². The number of hydrogen-bond donors (Lipinski definition) is 3. The summed E-state index contributed by atoms with van der Waals surface area (Å²) >= 11 is 0. The van der Waals surface area contributed by atoms with Crippen molar-refractivity contribution in [1.29, 1.82) is 5.41 Å². The van der Waals surface area contributed by atoms with Gasteiger partial charge in [0.1, 0.15) is 11.6 Å². The quantitative estimate of drug-likeness (QED) is 0.467. The minimum atomic E-state index is -0.660. The van der Waals surface area contributed by atoms with Crippen LogP contribution in [0.5, 0.6) is 5.75 Å². The molecule has 0 aromatic heterocycles. The summed E-state index contributed by atoms with van der Waals surface area (Å²) in [6, 6.07) is 4.78. The lowest BCUT2D eigenvalue weighted by molar-refractivity contribution is 0.0997. The second-order valence-corrected chi connectivity index (χ2v) is 2.66. The molecule has 14 heavy (non-hydrogen) atoms. The number of amides is 1. The van der Waals surface area contributed by atoms with Crippen LogP contribution in [0.15, 0.2) is 18.2 Å². The van der Waals surface area contributed by atoms with Crippen molar-refractivity contribution < 1.29 is 9.53 Å². The van der Waals surface area contributed by atoms with Crippen molar-refractivity contribution in [2.75, 3.05) is 7.11 Å². The Morgan fingerprint density at radius 2 is 2.07 bits per heavy atom. The summed E-state index contributed by atoms with van der Waals surface area (Å²) < 4.78 is 4.94. The predicted octanol–water partition coefficient (Wildman–Crippen LogP) is 0.0782. The lowest BCUT2D eigenvalue weighted by Gasteiger charge is -2.09. The summed E-state index contributed by atoms with van der Waals surface area (Å²) in [6.45, 7) is 0. The minimum Gasteiger partial charge on any atom is -0.496 e. The van der Waals surface area contributed by atoms with Gasteiger partial charge in [-0.25, -0.2) is 0 Å². The van der Waals surface area contributed by atoms with Crippen molar-refractivity contribution >= 4 is 11.7 Å². The molecule has 5 N–H and O–H groups in total. The van der Waals surface area contributed by atoms with Crippen molar-refractivity contribution in [3.63, 3.8) is 0 Å². The van der Waals surface area contributed by atoms with Gasteiger partial charge in [-0.2, -0.15) is 0 Å². The van der Waals surface area contributed by atoms with E-state index in [1.165, 1.54) is 7.11 Å². The molecule has 5 nitrogen and oxygen atoms in total. The van der Waals surface area contributed by atoms with Crippen LogP contribution in [0.2, 0.25) is 0 Å². The summed E-state index contributed by atoms with van der Waals surface area (Å²) in [5, 5.41) is 7.26. The monoisotopic (exact) mass is 193 g/mol. The molecule has 0 aliphatic heterocycles. The third-order valence-electron chi connectivity index (χ3n) is 1.78. The van der Waals surface area contributed by atoms with Crippen LogP contribution in [0.1, 0.15) is 15.9 Å². The molecule has 0 aliphatic carbocycles. The lowest BCUT2D eigenvalue weighted by Crippen LogP contribution is -2.21. The molecule has 74 valence electrons. The summed E-state index contributed by atoms with van der Waals surface area (Å²) in [5.74, 6) is -0.546. The number of ether oxygens (including phenoxy) is 1. The molecule has 1 aromatic carbocycles. The molecule has 0 spiro atoms. The Labute approximate surface area is 81.2 Å². The van der Waals surface area contributed by atoms with Crippen LogP contribution in [0, 0.1) is 5.41 Å². The van der Waals surface area contributed by atoms with Gasteiger partial charge in [-0.05, 0) is 6.07 Å². The van der Waals surface area contributed by atoms with Crippen molar-refractivity contribution in [3.05, 3.63) is 29.3 Å². The number of methoxy groups -OCH3 is 1. The second kappa shape index (κ2) is 3.78. The SMILES string of the molecule is COc1cccc(C(=N)N)c1C(N)=O. The topological polar surface area (TPSA) is 102 Å². The fraction of sp³-hybridized carbons (Fsp3) is 0.111. The minimum absolute atomic E-state index is 0.141. The summed E-state index contributed by atoms with van der Waals surface area (Å²) in [4.78, 5) is 11.1. The van der Waals surface area contributed by atoms with E-state index in [9.17, 15) is 4.79 Å². The van der Waals surface area contributed by atoms with E-state index in [1.54, 1.807) is 18.2 Å². The molecule has 0 atom stereocenters. The number of nitrogens with two attached hydrogens (primary N) is 2. The third kappa shape index (κ3) is 1.66. The highest BCUT2D eigenvalue weighted by Gasteiger charge is 2.15. The van der Waals surface area contributed by atoms with E-state index in [-0.39, 0.29) is 17.0 Å². The van der Waals surface area contributed by atoms with Gasteiger partial charge in [0.15, 0.2) is 0 Å². The molecule has 0 unspecified atom stereocenters. The summed E-state index contributed by atoms with van der Waals surface area (Å²) in [7, 11) is 1.42. The van der Waals surface area contributed by atoms with Gasteiger partial charge >= 0.3 is 0 Å². The summed E-state index contributed by atoms with van der Waals surface area (Å²) in [5.41, 5.74) is 10.9. The van der Waals surface area contributed by atoms with E-state index < -0.39 is 5.91 Å². The molecule has 0 bridgehead atoms. The van der Waals surface area contributed by atoms with Gasteiger partial charge in [-0.3, -0.25) is 10.2 Å². The number of nitrogen functional groups attached to an aromatic ring is 1. The highest BCUT2D eigenvalue weighted by atomic mass is 16.5. The fourth-order valence-corrected chi connectivity index (χ4v) is 1.18. The van der Waals surface area contributed by atoms with Crippen molar-refractivity contribution in [2.24, 2.45) is 11.5 Å². The van der Waals surface area contributed by atoms with Crippen molar-refractivity contribution in [3.8, 4) is 5.75 Å². The number of hydrogen-bond acceptors (Lipinski definition) is 3. The van der Waals surface area contributed by atoms with Crippen molar-refractivity contribution in [2.45, 2.75) is 0 Å². The zero-order valence-corrected chi connectivity index (χ0v) is 7.70. The first-order valence-corrected chi connectivity index (χ1v) is 3.89. The Bertz CT molecular complexity index is 388. The first-order valence-electron chi connectivity index (χ1n) is 3.89. The number of nitrogens with one attached hydrogen (secondary N) is 1. The maximum Gasteiger partial charge on any atom is 0.253 e. The number of primary amides is 1. The number of benzene rings is 1. The number of amidine groups is 1. The maximum atomic E-state index is 11.1. The highest BCUT2D eigenvalue weighted by molar-refractivity contribution is 6.08. The molecular formula is C9H11N3O2. The molecule has 0 saturated heterocycles. The predicted molar refractivity (Wildman–Crippen MR) is 52.5 cm³/mol. The van der Waals surface area contributed by atoms with E-state index in [1.807, 2.05) is 0 Å². The summed E-state index contributed by atoms with van der Waals surface area (Å²) in [6.07, 6.45) is 0. The Morgan fingerprint density at radius 3 is 2.50 bits per heavy atom. The van der Waals surface area contributed by atoms with Gasteiger partial charge in [-0.15, -0.1) is 0 Å². The Hall–Kier alpha value is -2.04. The van der Waals surface area contributed by atoms with Gasteiger partial charge < -0.3 is 16.2 Å². The molecule has 0 heterocycles. The van der Waals surface area contributed by atoms with E-state index in [2.05, 4.69) is 0 Å². The van der Waals surface area contributed by atoms with Gasteiger partial charge in [0.25, 0.3) is 5.91 Å². The molecule has 1 aromatic rings. The average Bonchev–Trinajstić information content (AvgIpc) is 2.16. The molecule has 0 aliphatic rings. The number of rotatable bonds is 3. The Balaban J connectivity index is 3.43. The molecule has 0 saturated carbocycles. The van der Waals surface area contributed by atoms with Crippen LogP contribution >= 0.6 is 0 Å². The number of carbonyl (C=O) groups excluding carboxylic acids is 1. The molecule has 0 fully saturated rings. The fourth-order valence-electron chi connectivity index (χ4n) is 1.18. The zero-order chi connectivity index (χ0) is 10.7. The smallest absolute Gasteiger partial charge is 0.253 e. The van der Waals surface area contributed by atoms with Gasteiger partial charge in [0, 0.05) is 5.56 Å². The van der Waals surface area contributed by atoms with Crippen LogP contribution in [0.3, 0.4) is 0 Å². The van der Waals surface area contributed by atoms with Gasteiger partial charge in [0.2, 0.25) is 0 Å². The highest BCUT2D eigenvalue weighted by Crippen LogP contribution is 2.21. The second-order valence-electron chi connectivity index (χ2n) is 2.66. The molecule has 1 rings (SSSR count). The third-order valence-corrected chi connectivity index (χ3v) is 1.78. The number of carbonyl (C=O) groups is 1. The molecule has 1 amide bonds. The van der Waals surface area contributed by atoms with E-state index in [0.29, 0.717) is 5.75 Å². The molecule has 5 heteroatoms. The molecule has 0 radical (unpaired) electrons. The first-order chi connectivity index (χ1) is 6.57. The van der Waals surface area contributed by atoms with Crippen LogP contribution in [0.4, 0.5) is 0 Å². The zero-order valence-electron chi connectivity index (χ0n) is 7.70. The van der Waals surface area contributed by atoms with Crippen LogP contribution in [0.25, 0.3) is 0 Å². The Morgan fingerprint density at radius 1 is 1.43 bits per heavy atom. The Kier molecular flexibility index (Phi) is 2.71. The van der Waals surface area contributed by atoms with E-state index >= 15 is 0 Å². The molecular weight excluding hydrogens is 182 g/mol. The van der Waals surface area contributed by atoms with Gasteiger partial charge in [-0.1, -0.05) is 12.1 Å². The first kappa shape index (κ1) is 10.0.